The predicted octanol–water partition coefficient (Wildman–Crippen LogP) is 1.53. The number of hydrogen-bond donors (Lipinski definition) is 0. The number of halogens is 2. The van der Waals surface area contributed by atoms with E-state index in [1.807, 2.05) is 6.92 Å². The van der Waals surface area contributed by atoms with E-state index in [1.54, 1.807) is 0 Å². The van der Waals surface area contributed by atoms with E-state index in [2.05, 4.69) is 14.1 Å². The maximum atomic E-state index is 12.9. The van der Waals surface area contributed by atoms with Gasteiger partial charge in [0.2, 0.25) is 5.13 Å². The molecule has 2 heterocycles. The first-order chi connectivity index (χ1) is 7.11. The summed E-state index contributed by atoms with van der Waals surface area (Å²) in [5.74, 6) is 0.699. The number of anilines is 1. The Morgan fingerprint density at radius 2 is 2.40 bits per heavy atom. The van der Waals surface area contributed by atoms with Gasteiger partial charge in [0.25, 0.3) is 0 Å². The summed E-state index contributed by atoms with van der Waals surface area (Å²) in [6.07, 6.45) is -2.35. The number of ether oxygens (including phenoxy) is 1. The van der Waals surface area contributed by atoms with Gasteiger partial charge in [-0.25, -0.2) is 4.98 Å². The van der Waals surface area contributed by atoms with Crippen molar-refractivity contribution in [2.75, 3.05) is 24.6 Å². The first kappa shape index (κ1) is 10.7. The molecular weight excluding hydrogens is 224 g/mol. The summed E-state index contributed by atoms with van der Waals surface area (Å²) in [4.78, 5) is 5.68. The van der Waals surface area contributed by atoms with Gasteiger partial charge < -0.3 is 9.64 Å². The quantitative estimate of drug-likeness (QED) is 0.779. The second-order valence-electron chi connectivity index (χ2n) is 3.25. The summed E-state index contributed by atoms with van der Waals surface area (Å²) in [6.45, 7) is 1.95. The van der Waals surface area contributed by atoms with E-state index in [0.29, 0.717) is 17.5 Å². The standard InChI is InChI=1S/C8H11F2N3OS/c1-2-6-11-7(15-12-6)13-3-4-14-8(9,10)5-13/h2-5H2,1H3. The third-order valence-corrected chi connectivity index (χ3v) is 2.91. The van der Waals surface area contributed by atoms with Crippen molar-refractivity contribution in [3.8, 4) is 0 Å². The van der Waals surface area contributed by atoms with Gasteiger partial charge in [0.05, 0.1) is 6.61 Å². The van der Waals surface area contributed by atoms with Crippen LogP contribution in [-0.2, 0) is 11.2 Å². The van der Waals surface area contributed by atoms with Crippen LogP contribution >= 0.6 is 11.5 Å². The van der Waals surface area contributed by atoms with Gasteiger partial charge in [-0.15, -0.1) is 0 Å². The topological polar surface area (TPSA) is 38.2 Å². The number of aryl methyl sites for hydroxylation is 1. The zero-order valence-corrected chi connectivity index (χ0v) is 9.06. The Hall–Kier alpha value is -0.820. The van der Waals surface area contributed by atoms with E-state index < -0.39 is 12.7 Å². The Kier molecular flexibility index (Phi) is 2.83. The lowest BCUT2D eigenvalue weighted by Gasteiger charge is -2.31. The Morgan fingerprint density at radius 1 is 1.60 bits per heavy atom. The minimum absolute atomic E-state index is 0.0219. The van der Waals surface area contributed by atoms with E-state index in [-0.39, 0.29) is 6.61 Å². The molecule has 84 valence electrons. The molecule has 1 saturated heterocycles. The SMILES string of the molecule is CCc1nsc(N2CCOC(F)(F)C2)n1. The summed E-state index contributed by atoms with van der Waals surface area (Å²) in [6, 6.07) is 0. The van der Waals surface area contributed by atoms with Crippen LogP contribution in [0.2, 0.25) is 0 Å². The normalized spacial score (nSPS) is 20.6. The second kappa shape index (κ2) is 3.97. The zero-order chi connectivity index (χ0) is 10.9. The van der Waals surface area contributed by atoms with Crippen molar-refractivity contribution in [2.24, 2.45) is 0 Å². The minimum atomic E-state index is -3.07. The Labute approximate surface area is 90.0 Å². The summed E-state index contributed by atoms with van der Waals surface area (Å²) in [7, 11) is 0. The molecule has 2 rings (SSSR count). The van der Waals surface area contributed by atoms with Crippen LogP contribution in [0.3, 0.4) is 0 Å². The van der Waals surface area contributed by atoms with Crippen molar-refractivity contribution in [3.63, 3.8) is 0 Å². The van der Waals surface area contributed by atoms with Crippen molar-refractivity contribution in [3.05, 3.63) is 5.82 Å². The fourth-order valence-electron chi connectivity index (χ4n) is 1.33. The molecule has 1 aliphatic heterocycles. The Balaban J connectivity index is 2.10. The molecule has 0 bridgehead atoms. The highest BCUT2D eigenvalue weighted by atomic mass is 32.1. The molecular formula is C8H11F2N3OS. The molecule has 0 spiro atoms. The van der Waals surface area contributed by atoms with Gasteiger partial charge in [0, 0.05) is 24.5 Å². The van der Waals surface area contributed by atoms with Crippen molar-refractivity contribution in [1.29, 1.82) is 0 Å². The monoisotopic (exact) mass is 235 g/mol. The summed E-state index contributed by atoms with van der Waals surface area (Å²) < 4.78 is 34.2. The third kappa shape index (κ3) is 2.40. The van der Waals surface area contributed by atoms with Crippen LogP contribution in [0.5, 0.6) is 0 Å². The molecule has 0 atom stereocenters. The molecule has 4 nitrogen and oxygen atoms in total. The maximum absolute atomic E-state index is 12.9. The summed E-state index contributed by atoms with van der Waals surface area (Å²) in [5, 5.41) is 0.551. The van der Waals surface area contributed by atoms with Crippen LogP contribution in [0.4, 0.5) is 13.9 Å². The lowest BCUT2D eigenvalue weighted by atomic mass is 10.4. The fourth-order valence-corrected chi connectivity index (χ4v) is 2.11. The van der Waals surface area contributed by atoms with Gasteiger partial charge in [0.1, 0.15) is 12.4 Å². The Bertz CT molecular complexity index is 344. The predicted molar refractivity (Wildman–Crippen MR) is 52.4 cm³/mol. The number of aromatic nitrogens is 2. The lowest BCUT2D eigenvalue weighted by Crippen LogP contribution is -2.46. The Morgan fingerprint density at radius 3 is 3.00 bits per heavy atom. The van der Waals surface area contributed by atoms with E-state index in [0.717, 1.165) is 18.0 Å². The van der Waals surface area contributed by atoms with E-state index in [1.165, 1.54) is 4.90 Å². The lowest BCUT2D eigenvalue weighted by molar-refractivity contribution is -0.240. The molecule has 0 saturated carbocycles. The minimum Gasteiger partial charge on any atom is -0.336 e. The number of rotatable bonds is 2. The van der Waals surface area contributed by atoms with Crippen LogP contribution in [0.1, 0.15) is 12.7 Å². The number of morpholine rings is 1. The van der Waals surface area contributed by atoms with Gasteiger partial charge in [-0.3, -0.25) is 0 Å². The summed E-state index contributed by atoms with van der Waals surface area (Å²) in [5.41, 5.74) is 0. The van der Waals surface area contributed by atoms with E-state index in [9.17, 15) is 8.78 Å². The smallest absolute Gasteiger partial charge is 0.336 e. The first-order valence-electron chi connectivity index (χ1n) is 4.70. The first-order valence-corrected chi connectivity index (χ1v) is 5.47. The fraction of sp³-hybridized carbons (Fsp3) is 0.750. The highest BCUT2D eigenvalue weighted by molar-refractivity contribution is 7.09. The van der Waals surface area contributed by atoms with Crippen LogP contribution < -0.4 is 4.90 Å². The summed E-state index contributed by atoms with van der Waals surface area (Å²) >= 11 is 1.16. The van der Waals surface area contributed by atoms with Crippen molar-refractivity contribution in [1.82, 2.24) is 9.36 Å². The molecule has 0 unspecified atom stereocenters. The largest absolute Gasteiger partial charge is 0.373 e. The van der Waals surface area contributed by atoms with E-state index in [4.69, 9.17) is 0 Å². The van der Waals surface area contributed by atoms with Gasteiger partial charge in [-0.2, -0.15) is 13.2 Å². The van der Waals surface area contributed by atoms with Crippen LogP contribution in [0.25, 0.3) is 0 Å². The van der Waals surface area contributed by atoms with Gasteiger partial charge >= 0.3 is 6.11 Å². The molecule has 0 N–H and O–H groups in total. The molecule has 1 aromatic rings. The molecule has 1 fully saturated rings. The zero-order valence-electron chi connectivity index (χ0n) is 8.24. The van der Waals surface area contributed by atoms with Crippen LogP contribution in [0.15, 0.2) is 0 Å². The van der Waals surface area contributed by atoms with Crippen molar-refractivity contribution < 1.29 is 13.5 Å². The average Bonchev–Trinajstić information content (AvgIpc) is 2.64. The molecule has 1 aliphatic rings. The highest BCUT2D eigenvalue weighted by Crippen LogP contribution is 2.26. The van der Waals surface area contributed by atoms with Gasteiger partial charge in [-0.05, 0) is 0 Å². The highest BCUT2D eigenvalue weighted by Gasteiger charge is 2.37. The van der Waals surface area contributed by atoms with Crippen LogP contribution in [0, 0.1) is 0 Å². The number of alkyl halides is 2. The molecule has 1 aromatic heterocycles. The average molecular weight is 235 g/mol. The van der Waals surface area contributed by atoms with Gasteiger partial charge in [0.15, 0.2) is 0 Å². The van der Waals surface area contributed by atoms with Gasteiger partial charge in [-0.1, -0.05) is 6.92 Å². The second-order valence-corrected chi connectivity index (χ2v) is 3.98. The third-order valence-electron chi connectivity index (χ3n) is 2.09. The number of nitrogens with zero attached hydrogens (tertiary/aromatic N) is 3. The molecule has 15 heavy (non-hydrogen) atoms. The maximum Gasteiger partial charge on any atom is 0.373 e. The molecule has 0 amide bonds. The van der Waals surface area contributed by atoms with Crippen molar-refractivity contribution >= 4 is 16.7 Å². The molecule has 7 heteroatoms. The molecule has 0 aliphatic carbocycles. The van der Waals surface area contributed by atoms with Crippen LogP contribution in [-0.4, -0.2) is 35.2 Å². The molecule has 0 aromatic carbocycles. The number of hydrogen-bond acceptors (Lipinski definition) is 5. The molecule has 0 radical (unpaired) electrons. The van der Waals surface area contributed by atoms with E-state index >= 15 is 0 Å². The van der Waals surface area contributed by atoms with Crippen molar-refractivity contribution in [2.45, 2.75) is 19.5 Å².